The van der Waals surface area contributed by atoms with E-state index in [0.717, 1.165) is 24.2 Å². The Hall–Kier alpha value is -2.05. The summed E-state index contributed by atoms with van der Waals surface area (Å²) in [5.41, 5.74) is 2.37. The van der Waals surface area contributed by atoms with Crippen molar-refractivity contribution in [3.63, 3.8) is 0 Å². The van der Waals surface area contributed by atoms with Crippen molar-refractivity contribution in [1.82, 2.24) is 4.98 Å². The molecule has 0 aliphatic carbocycles. The first-order valence-corrected chi connectivity index (χ1v) is 6.53. The average Bonchev–Trinajstić information content (AvgIpc) is 2.45. The Morgan fingerprint density at radius 3 is 2.58 bits per heavy atom. The molecule has 4 heteroatoms. The summed E-state index contributed by atoms with van der Waals surface area (Å²) < 4.78 is 0. The standard InChI is InChI=1S/C15H14ClN3/c1-2-9-18-15-12(10-17)5-8-14(19-15)11-3-6-13(16)7-4-11/h3-8H,2,9H2,1H3,(H,18,19). The monoisotopic (exact) mass is 271 g/mol. The molecule has 0 aliphatic rings. The maximum absolute atomic E-state index is 9.07. The minimum Gasteiger partial charge on any atom is -0.369 e. The second-order valence-corrected chi connectivity index (χ2v) is 4.57. The Bertz CT molecular complexity index is 600. The van der Waals surface area contributed by atoms with Gasteiger partial charge in [0.15, 0.2) is 0 Å². The van der Waals surface area contributed by atoms with Gasteiger partial charge in [0.2, 0.25) is 0 Å². The van der Waals surface area contributed by atoms with Crippen LogP contribution < -0.4 is 5.32 Å². The molecule has 1 N–H and O–H groups in total. The molecule has 0 saturated heterocycles. The predicted molar refractivity (Wildman–Crippen MR) is 78.2 cm³/mol. The number of nitrogens with zero attached hydrogens (tertiary/aromatic N) is 2. The van der Waals surface area contributed by atoms with E-state index in [0.29, 0.717) is 16.4 Å². The summed E-state index contributed by atoms with van der Waals surface area (Å²) in [6.07, 6.45) is 0.984. The number of halogens is 1. The Balaban J connectivity index is 2.37. The molecule has 0 radical (unpaired) electrons. The number of rotatable bonds is 4. The van der Waals surface area contributed by atoms with Crippen LogP contribution in [0.15, 0.2) is 36.4 Å². The molecule has 1 aromatic carbocycles. The molecule has 0 atom stereocenters. The van der Waals surface area contributed by atoms with Crippen molar-refractivity contribution in [2.75, 3.05) is 11.9 Å². The highest BCUT2D eigenvalue weighted by Crippen LogP contribution is 2.23. The highest BCUT2D eigenvalue weighted by molar-refractivity contribution is 6.30. The summed E-state index contributed by atoms with van der Waals surface area (Å²) in [4.78, 5) is 4.50. The van der Waals surface area contributed by atoms with E-state index in [9.17, 15) is 0 Å². The maximum Gasteiger partial charge on any atom is 0.144 e. The molecule has 2 aromatic rings. The van der Waals surface area contributed by atoms with Crippen molar-refractivity contribution in [3.05, 3.63) is 47.0 Å². The number of pyridine rings is 1. The lowest BCUT2D eigenvalue weighted by Crippen LogP contribution is -2.04. The number of aromatic nitrogens is 1. The smallest absolute Gasteiger partial charge is 0.144 e. The van der Waals surface area contributed by atoms with Gasteiger partial charge in [0.05, 0.1) is 11.3 Å². The third-order valence-electron chi connectivity index (χ3n) is 2.70. The molecule has 0 fully saturated rings. The fourth-order valence-electron chi connectivity index (χ4n) is 1.71. The first-order valence-electron chi connectivity index (χ1n) is 6.15. The highest BCUT2D eigenvalue weighted by atomic mass is 35.5. The van der Waals surface area contributed by atoms with E-state index < -0.39 is 0 Å². The Kier molecular flexibility index (Phi) is 4.38. The van der Waals surface area contributed by atoms with Crippen LogP contribution in [0.2, 0.25) is 5.02 Å². The van der Waals surface area contributed by atoms with Gasteiger partial charge in [-0.3, -0.25) is 0 Å². The third kappa shape index (κ3) is 3.24. The zero-order valence-corrected chi connectivity index (χ0v) is 11.4. The second kappa shape index (κ2) is 6.21. The zero-order chi connectivity index (χ0) is 13.7. The summed E-state index contributed by atoms with van der Waals surface area (Å²) in [7, 11) is 0. The molecule has 2 rings (SSSR count). The number of benzene rings is 1. The summed E-state index contributed by atoms with van der Waals surface area (Å²) in [6.45, 7) is 2.87. The summed E-state index contributed by atoms with van der Waals surface area (Å²) in [5.74, 6) is 0.636. The molecular weight excluding hydrogens is 258 g/mol. The van der Waals surface area contributed by atoms with Crippen LogP contribution in [0.5, 0.6) is 0 Å². The largest absolute Gasteiger partial charge is 0.369 e. The van der Waals surface area contributed by atoms with Crippen molar-refractivity contribution in [1.29, 1.82) is 5.26 Å². The fourth-order valence-corrected chi connectivity index (χ4v) is 1.83. The van der Waals surface area contributed by atoms with Gasteiger partial charge in [-0.25, -0.2) is 4.98 Å². The lowest BCUT2D eigenvalue weighted by atomic mass is 10.1. The third-order valence-corrected chi connectivity index (χ3v) is 2.95. The molecule has 0 aliphatic heterocycles. The SMILES string of the molecule is CCCNc1nc(-c2ccc(Cl)cc2)ccc1C#N. The van der Waals surface area contributed by atoms with Crippen molar-refractivity contribution in [2.45, 2.75) is 13.3 Å². The van der Waals surface area contributed by atoms with Crippen LogP contribution in [0.4, 0.5) is 5.82 Å². The lowest BCUT2D eigenvalue weighted by molar-refractivity contribution is 0.968. The van der Waals surface area contributed by atoms with E-state index in [1.807, 2.05) is 30.3 Å². The van der Waals surface area contributed by atoms with Gasteiger partial charge in [0.1, 0.15) is 11.9 Å². The molecule has 1 aromatic heterocycles. The van der Waals surface area contributed by atoms with E-state index in [1.54, 1.807) is 6.07 Å². The second-order valence-electron chi connectivity index (χ2n) is 4.14. The van der Waals surface area contributed by atoms with E-state index in [4.69, 9.17) is 16.9 Å². The van der Waals surface area contributed by atoms with Gasteiger partial charge in [0, 0.05) is 17.1 Å². The first-order chi connectivity index (χ1) is 9.24. The highest BCUT2D eigenvalue weighted by Gasteiger charge is 2.06. The lowest BCUT2D eigenvalue weighted by Gasteiger charge is -2.08. The van der Waals surface area contributed by atoms with E-state index in [1.165, 1.54) is 0 Å². The van der Waals surface area contributed by atoms with Crippen LogP contribution in [0.25, 0.3) is 11.3 Å². The molecule has 0 saturated carbocycles. The van der Waals surface area contributed by atoms with Gasteiger partial charge in [-0.15, -0.1) is 0 Å². The van der Waals surface area contributed by atoms with Crippen LogP contribution in [0.1, 0.15) is 18.9 Å². The van der Waals surface area contributed by atoms with Crippen LogP contribution >= 0.6 is 11.6 Å². The normalized spacial score (nSPS) is 9.95. The van der Waals surface area contributed by atoms with Crippen molar-refractivity contribution < 1.29 is 0 Å². The Morgan fingerprint density at radius 1 is 1.21 bits per heavy atom. The topological polar surface area (TPSA) is 48.7 Å². The number of hydrogen-bond acceptors (Lipinski definition) is 3. The van der Waals surface area contributed by atoms with Crippen LogP contribution in [0, 0.1) is 11.3 Å². The predicted octanol–water partition coefficient (Wildman–Crippen LogP) is 4.10. The summed E-state index contributed by atoms with van der Waals surface area (Å²) in [5, 5.41) is 12.9. The van der Waals surface area contributed by atoms with Gasteiger partial charge in [-0.05, 0) is 30.7 Å². The van der Waals surface area contributed by atoms with Crippen LogP contribution in [0.3, 0.4) is 0 Å². The van der Waals surface area contributed by atoms with E-state index in [2.05, 4.69) is 23.3 Å². The average molecular weight is 272 g/mol. The van der Waals surface area contributed by atoms with Gasteiger partial charge >= 0.3 is 0 Å². The Morgan fingerprint density at radius 2 is 1.95 bits per heavy atom. The van der Waals surface area contributed by atoms with Gasteiger partial charge < -0.3 is 5.32 Å². The number of nitriles is 1. The molecule has 96 valence electrons. The first kappa shape index (κ1) is 13.4. The van der Waals surface area contributed by atoms with Crippen LogP contribution in [-0.2, 0) is 0 Å². The quantitative estimate of drug-likeness (QED) is 0.911. The number of nitrogens with one attached hydrogen (secondary N) is 1. The molecule has 0 spiro atoms. The molecule has 0 bridgehead atoms. The fraction of sp³-hybridized carbons (Fsp3) is 0.200. The summed E-state index contributed by atoms with van der Waals surface area (Å²) >= 11 is 5.87. The number of hydrogen-bond donors (Lipinski definition) is 1. The molecule has 0 unspecified atom stereocenters. The minimum atomic E-state index is 0.561. The number of anilines is 1. The van der Waals surface area contributed by atoms with Gasteiger partial charge in [-0.2, -0.15) is 5.26 Å². The molecule has 19 heavy (non-hydrogen) atoms. The van der Waals surface area contributed by atoms with Crippen molar-refractivity contribution in [2.24, 2.45) is 0 Å². The van der Waals surface area contributed by atoms with Crippen molar-refractivity contribution >= 4 is 17.4 Å². The minimum absolute atomic E-state index is 0.561. The molecule has 0 amide bonds. The van der Waals surface area contributed by atoms with E-state index >= 15 is 0 Å². The van der Waals surface area contributed by atoms with Gasteiger partial charge in [-0.1, -0.05) is 30.7 Å². The molecular formula is C15H14ClN3. The van der Waals surface area contributed by atoms with Crippen LogP contribution in [-0.4, -0.2) is 11.5 Å². The zero-order valence-electron chi connectivity index (χ0n) is 10.7. The maximum atomic E-state index is 9.07. The van der Waals surface area contributed by atoms with Crippen molar-refractivity contribution in [3.8, 4) is 17.3 Å². The molecule has 3 nitrogen and oxygen atoms in total. The van der Waals surface area contributed by atoms with Gasteiger partial charge in [0.25, 0.3) is 0 Å². The molecule has 1 heterocycles. The van der Waals surface area contributed by atoms with E-state index in [-0.39, 0.29) is 0 Å². The summed E-state index contributed by atoms with van der Waals surface area (Å²) in [6, 6.07) is 13.3. The Labute approximate surface area is 117 Å².